The van der Waals surface area contributed by atoms with Crippen LogP contribution in [0.2, 0.25) is 5.02 Å². The topological polar surface area (TPSA) is 68.5 Å². The molecule has 1 heterocycles. The van der Waals surface area contributed by atoms with E-state index in [9.17, 15) is 18.4 Å². The molecule has 1 amide bonds. The third kappa shape index (κ3) is 3.52. The van der Waals surface area contributed by atoms with Crippen molar-refractivity contribution in [1.29, 1.82) is 0 Å². The van der Waals surface area contributed by atoms with Crippen molar-refractivity contribution in [3.63, 3.8) is 0 Å². The zero-order valence-corrected chi connectivity index (χ0v) is 14.2. The van der Waals surface area contributed by atoms with E-state index in [0.29, 0.717) is 21.6 Å². The number of hydrogen-bond acceptors (Lipinski definition) is 4. The molecule has 0 saturated heterocycles. The SMILES string of the molecule is Cc1c(C(=O)OCC(=O)Nc2c(F)cccc2F)oc2ccc(Cl)cc12. The quantitative estimate of drug-likeness (QED) is 0.679. The first-order valence-corrected chi connectivity index (χ1v) is 7.84. The number of amides is 1. The van der Waals surface area contributed by atoms with Crippen LogP contribution in [0, 0.1) is 18.6 Å². The molecule has 0 spiro atoms. The number of anilines is 1. The molecule has 0 unspecified atom stereocenters. The Morgan fingerprint density at radius 1 is 1.19 bits per heavy atom. The Morgan fingerprint density at radius 2 is 1.88 bits per heavy atom. The first-order chi connectivity index (χ1) is 12.4. The molecule has 2 aromatic carbocycles. The van der Waals surface area contributed by atoms with Crippen LogP contribution in [-0.2, 0) is 9.53 Å². The molecule has 0 aliphatic carbocycles. The number of rotatable bonds is 4. The minimum atomic E-state index is -0.935. The molecule has 0 aliphatic rings. The molecule has 3 aromatic rings. The van der Waals surface area contributed by atoms with Gasteiger partial charge in [-0.2, -0.15) is 0 Å². The van der Waals surface area contributed by atoms with Gasteiger partial charge in [-0.05, 0) is 37.3 Å². The van der Waals surface area contributed by atoms with Crippen molar-refractivity contribution in [1.82, 2.24) is 0 Å². The third-order valence-electron chi connectivity index (χ3n) is 3.65. The second kappa shape index (κ2) is 7.13. The summed E-state index contributed by atoms with van der Waals surface area (Å²) in [5, 5.41) is 3.14. The smallest absolute Gasteiger partial charge is 0.375 e. The lowest BCUT2D eigenvalue weighted by molar-refractivity contribution is -0.119. The fourth-order valence-corrected chi connectivity index (χ4v) is 2.55. The Hall–Kier alpha value is -2.93. The first-order valence-electron chi connectivity index (χ1n) is 7.46. The molecule has 134 valence electrons. The van der Waals surface area contributed by atoms with Crippen molar-refractivity contribution < 1.29 is 27.5 Å². The maximum absolute atomic E-state index is 13.5. The average molecular weight is 380 g/mol. The van der Waals surface area contributed by atoms with Crippen molar-refractivity contribution in [3.8, 4) is 0 Å². The summed E-state index contributed by atoms with van der Waals surface area (Å²) in [6.07, 6.45) is 0. The minimum Gasteiger partial charge on any atom is -0.450 e. The maximum Gasteiger partial charge on any atom is 0.375 e. The number of carbonyl (C=O) groups is 2. The monoisotopic (exact) mass is 379 g/mol. The predicted molar refractivity (Wildman–Crippen MR) is 91.2 cm³/mol. The van der Waals surface area contributed by atoms with Crippen LogP contribution >= 0.6 is 11.6 Å². The summed E-state index contributed by atoms with van der Waals surface area (Å²) in [5.41, 5.74) is 0.341. The van der Waals surface area contributed by atoms with Gasteiger partial charge in [0.15, 0.2) is 6.61 Å². The van der Waals surface area contributed by atoms with E-state index in [-0.39, 0.29) is 5.76 Å². The number of carbonyl (C=O) groups excluding carboxylic acids is 2. The Morgan fingerprint density at radius 3 is 2.58 bits per heavy atom. The summed E-state index contributed by atoms with van der Waals surface area (Å²) in [6.45, 7) is 0.914. The highest BCUT2D eigenvalue weighted by Crippen LogP contribution is 2.28. The maximum atomic E-state index is 13.5. The van der Waals surface area contributed by atoms with Gasteiger partial charge < -0.3 is 14.5 Å². The fraction of sp³-hybridized carbons (Fsp3) is 0.111. The third-order valence-corrected chi connectivity index (χ3v) is 3.88. The molecule has 0 fully saturated rings. The highest BCUT2D eigenvalue weighted by atomic mass is 35.5. The van der Waals surface area contributed by atoms with Crippen molar-refractivity contribution in [2.75, 3.05) is 11.9 Å². The number of ether oxygens (including phenoxy) is 1. The minimum absolute atomic E-state index is 0.0767. The Balaban J connectivity index is 1.69. The van der Waals surface area contributed by atoms with Gasteiger partial charge in [-0.25, -0.2) is 13.6 Å². The van der Waals surface area contributed by atoms with E-state index in [1.807, 2.05) is 5.32 Å². The molecule has 5 nitrogen and oxygen atoms in total. The number of halogens is 3. The molecule has 0 saturated carbocycles. The van der Waals surface area contributed by atoms with Gasteiger partial charge in [0.05, 0.1) is 0 Å². The van der Waals surface area contributed by atoms with Gasteiger partial charge >= 0.3 is 5.97 Å². The number of hydrogen-bond donors (Lipinski definition) is 1. The molecule has 0 atom stereocenters. The first kappa shape index (κ1) is 17.9. The van der Waals surface area contributed by atoms with Gasteiger partial charge in [0.1, 0.15) is 22.9 Å². The predicted octanol–water partition coefficient (Wildman–Crippen LogP) is 4.47. The van der Waals surface area contributed by atoms with Gasteiger partial charge in [-0.15, -0.1) is 0 Å². The van der Waals surface area contributed by atoms with Crippen molar-refractivity contribution in [2.45, 2.75) is 6.92 Å². The van der Waals surface area contributed by atoms with Gasteiger partial charge in [0, 0.05) is 16.0 Å². The zero-order valence-electron chi connectivity index (χ0n) is 13.4. The van der Waals surface area contributed by atoms with Crippen LogP contribution in [0.1, 0.15) is 16.1 Å². The van der Waals surface area contributed by atoms with Gasteiger partial charge in [-0.3, -0.25) is 4.79 Å². The largest absolute Gasteiger partial charge is 0.450 e. The van der Waals surface area contributed by atoms with Crippen LogP contribution in [0.3, 0.4) is 0 Å². The van der Waals surface area contributed by atoms with Crippen LogP contribution in [0.25, 0.3) is 11.0 Å². The highest BCUT2D eigenvalue weighted by Gasteiger charge is 2.21. The average Bonchev–Trinajstić information content (AvgIpc) is 2.93. The Labute approximate surface area is 151 Å². The normalized spacial score (nSPS) is 10.8. The van der Waals surface area contributed by atoms with Crippen molar-refractivity contribution in [3.05, 3.63) is 64.4 Å². The number of furan rings is 1. The molecule has 0 bridgehead atoms. The molecule has 26 heavy (non-hydrogen) atoms. The van der Waals surface area contributed by atoms with E-state index in [1.54, 1.807) is 25.1 Å². The van der Waals surface area contributed by atoms with Crippen LogP contribution in [0.4, 0.5) is 14.5 Å². The number of nitrogens with one attached hydrogen (secondary N) is 1. The molecule has 1 N–H and O–H groups in total. The molecule has 1 aromatic heterocycles. The van der Waals surface area contributed by atoms with Crippen LogP contribution in [0.15, 0.2) is 40.8 Å². The van der Waals surface area contributed by atoms with E-state index in [4.69, 9.17) is 20.8 Å². The van der Waals surface area contributed by atoms with Crippen LogP contribution in [-0.4, -0.2) is 18.5 Å². The number of benzene rings is 2. The fourth-order valence-electron chi connectivity index (χ4n) is 2.38. The Bertz CT molecular complexity index is 996. The lowest BCUT2D eigenvalue weighted by atomic mass is 10.1. The lowest BCUT2D eigenvalue weighted by Gasteiger charge is -2.07. The van der Waals surface area contributed by atoms with Crippen LogP contribution < -0.4 is 5.32 Å². The van der Waals surface area contributed by atoms with Crippen LogP contribution in [0.5, 0.6) is 0 Å². The molecule has 0 radical (unpaired) electrons. The number of esters is 1. The summed E-state index contributed by atoms with van der Waals surface area (Å²) in [6, 6.07) is 8.01. The molecular formula is C18H12ClF2NO4. The number of aryl methyl sites for hydroxylation is 1. The van der Waals surface area contributed by atoms with Gasteiger partial charge in [0.25, 0.3) is 5.91 Å². The summed E-state index contributed by atoms with van der Waals surface area (Å²) < 4.78 is 37.3. The molecule has 8 heteroatoms. The van der Waals surface area contributed by atoms with Gasteiger partial charge in [0.2, 0.25) is 5.76 Å². The molecule has 0 aliphatic heterocycles. The van der Waals surface area contributed by atoms with E-state index in [2.05, 4.69) is 0 Å². The summed E-state index contributed by atoms with van der Waals surface area (Å²) >= 11 is 5.91. The second-order valence-corrected chi connectivity index (χ2v) is 5.85. The van der Waals surface area contributed by atoms with Crippen molar-refractivity contribution >= 4 is 40.1 Å². The molecular weight excluding hydrogens is 368 g/mol. The summed E-state index contributed by atoms with van der Waals surface area (Å²) in [5.74, 6) is -3.71. The van der Waals surface area contributed by atoms with E-state index >= 15 is 0 Å². The van der Waals surface area contributed by atoms with E-state index in [1.165, 1.54) is 0 Å². The second-order valence-electron chi connectivity index (χ2n) is 5.42. The van der Waals surface area contributed by atoms with E-state index in [0.717, 1.165) is 18.2 Å². The number of fused-ring (bicyclic) bond motifs is 1. The van der Waals surface area contributed by atoms with Crippen molar-refractivity contribution in [2.24, 2.45) is 0 Å². The zero-order chi connectivity index (χ0) is 18.8. The summed E-state index contributed by atoms with van der Waals surface area (Å²) in [7, 11) is 0. The van der Waals surface area contributed by atoms with Gasteiger partial charge in [-0.1, -0.05) is 17.7 Å². The lowest BCUT2D eigenvalue weighted by Crippen LogP contribution is -2.22. The standard InChI is InChI=1S/C18H12ClF2NO4/c1-9-11-7-10(19)5-6-14(11)26-17(9)18(24)25-8-15(23)22-16-12(20)3-2-4-13(16)21/h2-7H,8H2,1H3,(H,22,23). The highest BCUT2D eigenvalue weighted by molar-refractivity contribution is 6.31. The number of para-hydroxylation sites is 1. The Kier molecular flexibility index (Phi) is 4.90. The summed E-state index contributed by atoms with van der Waals surface area (Å²) in [4.78, 5) is 23.9. The van der Waals surface area contributed by atoms with E-state index < -0.39 is 35.8 Å². The molecule has 3 rings (SSSR count).